The molecule has 1 saturated carbocycles. The molecule has 0 spiro atoms. The SMILES string of the molecule is [2H]C([2H])([2H])OC1CC(c2cccc(-n3cc(Cl)c4cc(CN5CCC[C@H](C)C5)[nH]c4c3=O)c2)(c2nncn2C)C1. The molecule has 37 heavy (non-hydrogen) atoms. The van der Waals surface area contributed by atoms with E-state index < -0.39 is 18.6 Å². The van der Waals surface area contributed by atoms with Crippen LogP contribution < -0.4 is 5.56 Å². The number of benzene rings is 1. The number of methoxy groups -OCH3 is 1. The Labute approximate surface area is 225 Å². The summed E-state index contributed by atoms with van der Waals surface area (Å²) in [5, 5.41) is 9.64. The number of fused-ring (bicyclic) bond motifs is 1. The van der Waals surface area contributed by atoms with E-state index in [1.54, 1.807) is 17.1 Å². The molecule has 2 fully saturated rings. The quantitative estimate of drug-likeness (QED) is 0.404. The normalized spacial score (nSPS) is 26.0. The van der Waals surface area contributed by atoms with Crippen LogP contribution in [0, 0.1) is 5.92 Å². The van der Waals surface area contributed by atoms with E-state index in [4.69, 9.17) is 20.5 Å². The summed E-state index contributed by atoms with van der Waals surface area (Å²) in [5.41, 5.74) is 2.25. The lowest BCUT2D eigenvalue weighted by Gasteiger charge is -2.46. The average Bonchev–Trinajstić information content (AvgIpc) is 3.50. The fourth-order valence-corrected chi connectivity index (χ4v) is 6.44. The van der Waals surface area contributed by atoms with Gasteiger partial charge >= 0.3 is 0 Å². The van der Waals surface area contributed by atoms with Crippen molar-refractivity contribution >= 4 is 22.5 Å². The van der Waals surface area contributed by atoms with E-state index >= 15 is 0 Å². The van der Waals surface area contributed by atoms with Gasteiger partial charge in [0.05, 0.1) is 20.7 Å². The molecule has 4 heterocycles. The van der Waals surface area contributed by atoms with E-state index in [1.807, 2.05) is 41.9 Å². The van der Waals surface area contributed by atoms with Crippen molar-refractivity contribution < 1.29 is 8.85 Å². The van der Waals surface area contributed by atoms with Gasteiger partial charge in [-0.25, -0.2) is 0 Å². The Hall–Kier alpha value is -2.94. The van der Waals surface area contributed by atoms with Crippen LogP contribution >= 0.6 is 11.6 Å². The third kappa shape index (κ3) is 4.21. The first-order chi connectivity index (χ1) is 19.0. The number of aromatic amines is 1. The maximum absolute atomic E-state index is 13.7. The molecule has 1 aliphatic heterocycles. The van der Waals surface area contributed by atoms with E-state index in [0.717, 1.165) is 42.1 Å². The van der Waals surface area contributed by atoms with Crippen molar-refractivity contribution in [3.05, 3.63) is 75.3 Å². The number of piperidine rings is 1. The molecule has 1 saturated heterocycles. The topological polar surface area (TPSA) is 81.0 Å². The molecule has 4 aromatic rings. The number of rotatable bonds is 6. The van der Waals surface area contributed by atoms with Crippen LogP contribution in [0.4, 0.5) is 0 Å². The van der Waals surface area contributed by atoms with Crippen LogP contribution in [0.1, 0.15) is 53.8 Å². The molecule has 1 aliphatic carbocycles. The van der Waals surface area contributed by atoms with Crippen LogP contribution in [0.25, 0.3) is 16.6 Å². The molecule has 1 aromatic carbocycles. The van der Waals surface area contributed by atoms with Gasteiger partial charge in [0, 0.05) is 50.1 Å². The third-order valence-electron chi connectivity index (χ3n) is 8.08. The number of hydrogen-bond donors (Lipinski definition) is 1. The predicted octanol–water partition coefficient (Wildman–Crippen LogP) is 4.43. The summed E-state index contributed by atoms with van der Waals surface area (Å²) in [7, 11) is -0.608. The molecule has 9 heteroatoms. The molecule has 8 nitrogen and oxygen atoms in total. The van der Waals surface area contributed by atoms with Crippen LogP contribution in [0.2, 0.25) is 5.02 Å². The van der Waals surface area contributed by atoms with Crippen molar-refractivity contribution in [2.24, 2.45) is 13.0 Å². The molecule has 194 valence electrons. The van der Waals surface area contributed by atoms with Gasteiger partial charge in [0.25, 0.3) is 5.56 Å². The standard InChI is InChI=1S/C28H33ClN6O2/c1-18-6-5-9-34(14-18)15-20-11-23-24(29)16-35(26(36)25(23)31-20)21-8-4-7-19(10-21)28(12-22(13-28)37-3)27-32-30-17-33(27)2/h4,7-8,10-11,16-18,22,31H,5-6,9,12-15H2,1-3H3/t18-,22?,28?/m0/s1/i3D3. The number of aryl methyl sites for hydroxylation is 1. The van der Waals surface area contributed by atoms with E-state index in [9.17, 15) is 4.79 Å². The summed E-state index contributed by atoms with van der Waals surface area (Å²) in [6.07, 6.45) is 6.17. The monoisotopic (exact) mass is 523 g/mol. The largest absolute Gasteiger partial charge is 0.381 e. The number of ether oxygens (including phenoxy) is 1. The molecule has 3 aromatic heterocycles. The van der Waals surface area contributed by atoms with Gasteiger partial charge in [0.2, 0.25) is 0 Å². The van der Waals surface area contributed by atoms with Crippen LogP contribution in [0.5, 0.6) is 0 Å². The highest BCUT2D eigenvalue weighted by Gasteiger charge is 2.50. The van der Waals surface area contributed by atoms with E-state index in [-0.39, 0.29) is 5.56 Å². The minimum atomic E-state index is -2.47. The molecule has 1 N–H and O–H groups in total. The predicted molar refractivity (Wildman–Crippen MR) is 144 cm³/mol. The summed E-state index contributed by atoms with van der Waals surface area (Å²) >= 11 is 6.73. The summed E-state index contributed by atoms with van der Waals surface area (Å²) in [6.45, 7) is 5.13. The van der Waals surface area contributed by atoms with Crippen LogP contribution in [0.3, 0.4) is 0 Å². The number of H-pyrrole nitrogens is 1. The minimum absolute atomic E-state index is 0.181. The Morgan fingerprint density at radius 3 is 2.95 bits per heavy atom. The van der Waals surface area contributed by atoms with Gasteiger partial charge < -0.3 is 14.3 Å². The molecule has 0 radical (unpaired) electrons. The van der Waals surface area contributed by atoms with Crippen molar-refractivity contribution in [3.63, 3.8) is 0 Å². The number of aromatic nitrogens is 5. The summed E-state index contributed by atoms with van der Waals surface area (Å²) in [6, 6.07) is 9.67. The minimum Gasteiger partial charge on any atom is -0.381 e. The van der Waals surface area contributed by atoms with Gasteiger partial charge in [0.15, 0.2) is 0 Å². The fraction of sp³-hybridized carbons (Fsp3) is 0.464. The molecule has 0 bridgehead atoms. The molecular formula is C28H33ClN6O2. The van der Waals surface area contributed by atoms with E-state index in [0.29, 0.717) is 35.0 Å². The van der Waals surface area contributed by atoms with Crippen LogP contribution in [0.15, 0.2) is 47.7 Å². The average molecular weight is 524 g/mol. The van der Waals surface area contributed by atoms with E-state index in [2.05, 4.69) is 27.0 Å². The highest BCUT2D eigenvalue weighted by Crippen LogP contribution is 2.49. The van der Waals surface area contributed by atoms with Crippen molar-refractivity contribution in [2.75, 3.05) is 20.1 Å². The molecule has 2 aliphatic rings. The van der Waals surface area contributed by atoms with Gasteiger partial charge in [-0.1, -0.05) is 30.7 Å². The Balaban J connectivity index is 1.35. The van der Waals surface area contributed by atoms with E-state index in [1.165, 1.54) is 12.8 Å². The first kappa shape index (κ1) is 21.0. The molecule has 0 amide bonds. The zero-order valence-electron chi connectivity index (χ0n) is 24.1. The maximum atomic E-state index is 13.7. The first-order valence-electron chi connectivity index (χ1n) is 14.3. The van der Waals surface area contributed by atoms with Crippen LogP contribution in [-0.2, 0) is 23.7 Å². The number of hydrogen-bond acceptors (Lipinski definition) is 5. The van der Waals surface area contributed by atoms with Gasteiger partial charge in [-0.05, 0) is 61.9 Å². The van der Waals surface area contributed by atoms with Crippen LogP contribution in [-0.4, -0.2) is 55.4 Å². The zero-order valence-corrected chi connectivity index (χ0v) is 21.8. The number of pyridine rings is 1. The summed E-state index contributed by atoms with van der Waals surface area (Å²) in [4.78, 5) is 19.5. The number of nitrogens with zero attached hydrogens (tertiary/aromatic N) is 5. The Morgan fingerprint density at radius 2 is 2.19 bits per heavy atom. The number of halogens is 1. The summed E-state index contributed by atoms with van der Waals surface area (Å²) < 4.78 is 31.3. The zero-order chi connectivity index (χ0) is 28.2. The first-order valence-corrected chi connectivity index (χ1v) is 13.2. The second kappa shape index (κ2) is 9.42. The second-order valence-electron chi connectivity index (χ2n) is 10.8. The molecule has 0 unspecified atom stereocenters. The van der Waals surface area contributed by atoms with Gasteiger partial charge in [-0.2, -0.15) is 0 Å². The lowest BCUT2D eigenvalue weighted by molar-refractivity contribution is -0.00696. The lowest BCUT2D eigenvalue weighted by atomic mass is 9.62. The van der Waals surface area contributed by atoms with Crippen molar-refractivity contribution in [3.8, 4) is 5.69 Å². The second-order valence-corrected chi connectivity index (χ2v) is 11.2. The Kier molecular flexibility index (Phi) is 5.36. The molecular weight excluding hydrogens is 488 g/mol. The number of nitrogens with one attached hydrogen (secondary N) is 1. The molecule has 1 atom stereocenters. The highest BCUT2D eigenvalue weighted by molar-refractivity contribution is 6.35. The van der Waals surface area contributed by atoms with Crippen molar-refractivity contribution in [1.82, 2.24) is 29.2 Å². The van der Waals surface area contributed by atoms with Crippen molar-refractivity contribution in [2.45, 2.75) is 50.7 Å². The summed E-state index contributed by atoms with van der Waals surface area (Å²) in [5.74, 6) is 1.39. The lowest BCUT2D eigenvalue weighted by Crippen LogP contribution is -2.48. The van der Waals surface area contributed by atoms with Crippen molar-refractivity contribution in [1.29, 1.82) is 0 Å². The molecule has 6 rings (SSSR count). The van der Waals surface area contributed by atoms with Gasteiger partial charge in [-0.3, -0.25) is 14.3 Å². The van der Waals surface area contributed by atoms with Gasteiger partial charge in [0.1, 0.15) is 17.7 Å². The fourth-order valence-electron chi connectivity index (χ4n) is 6.20. The maximum Gasteiger partial charge on any atom is 0.279 e. The third-order valence-corrected chi connectivity index (χ3v) is 8.38. The van der Waals surface area contributed by atoms with Gasteiger partial charge in [-0.15, -0.1) is 10.2 Å². The smallest absolute Gasteiger partial charge is 0.279 e. The Bertz CT molecular complexity index is 1600. The number of likely N-dealkylation sites (tertiary alicyclic amines) is 1. The Morgan fingerprint density at radius 1 is 1.32 bits per heavy atom. The highest BCUT2D eigenvalue weighted by atomic mass is 35.5.